The zero-order valence-electron chi connectivity index (χ0n) is 16.0. The predicted molar refractivity (Wildman–Crippen MR) is 114 cm³/mol. The third-order valence-corrected chi connectivity index (χ3v) is 6.23. The second kappa shape index (κ2) is 7.11. The van der Waals surface area contributed by atoms with E-state index in [0.717, 1.165) is 37.5 Å². The summed E-state index contributed by atoms with van der Waals surface area (Å²) in [6.07, 6.45) is 3.97. The van der Waals surface area contributed by atoms with E-state index in [1.165, 1.54) is 36.2 Å². The van der Waals surface area contributed by atoms with Gasteiger partial charge in [-0.2, -0.15) is 5.10 Å². The van der Waals surface area contributed by atoms with Crippen molar-refractivity contribution in [3.8, 4) is 0 Å². The van der Waals surface area contributed by atoms with Crippen LogP contribution < -0.4 is 0 Å². The molecule has 5 rings (SSSR count). The van der Waals surface area contributed by atoms with Crippen LogP contribution in [0.2, 0.25) is 0 Å². The van der Waals surface area contributed by atoms with Gasteiger partial charge in [-0.3, -0.25) is 9.67 Å². The molecular formula is C23H16FN3O2S. The highest BCUT2D eigenvalue weighted by molar-refractivity contribution is 7.99. The third-order valence-electron chi connectivity index (χ3n) is 5.17. The Bertz CT molecular complexity index is 1340. The normalized spacial score (nSPS) is 12.8. The summed E-state index contributed by atoms with van der Waals surface area (Å²) in [5, 5.41) is 15.2. The standard InChI is InChI=1S/C23H16FN3O2S/c1-27-22(13-11-18-16(23(28)29)9-10-25-19(18)12-13)17-3-2-4-20(21(17)26-27)30-15-7-5-14(24)6-8-15/h2-10,12H,11H2,1H3,(H,28,29). The van der Waals surface area contributed by atoms with Crippen molar-refractivity contribution in [2.45, 2.75) is 16.2 Å². The Morgan fingerprint density at radius 2 is 1.97 bits per heavy atom. The highest BCUT2D eigenvalue weighted by Crippen LogP contribution is 2.39. The quantitative estimate of drug-likeness (QED) is 0.503. The van der Waals surface area contributed by atoms with Crippen LogP contribution >= 0.6 is 11.8 Å². The first-order valence-corrected chi connectivity index (χ1v) is 10.1. The lowest BCUT2D eigenvalue weighted by atomic mass is 10.0. The summed E-state index contributed by atoms with van der Waals surface area (Å²) in [4.78, 5) is 17.8. The number of halogens is 1. The van der Waals surface area contributed by atoms with E-state index in [-0.39, 0.29) is 11.4 Å². The van der Waals surface area contributed by atoms with Crippen LogP contribution in [0.4, 0.5) is 4.39 Å². The summed E-state index contributed by atoms with van der Waals surface area (Å²) in [7, 11) is 1.89. The van der Waals surface area contributed by atoms with Gasteiger partial charge in [0.15, 0.2) is 0 Å². The Morgan fingerprint density at radius 3 is 2.73 bits per heavy atom. The average Bonchev–Trinajstić information content (AvgIpc) is 3.29. The van der Waals surface area contributed by atoms with Gasteiger partial charge in [0.1, 0.15) is 11.3 Å². The number of nitrogens with zero attached hydrogens (tertiary/aromatic N) is 3. The molecule has 0 bridgehead atoms. The van der Waals surface area contributed by atoms with Crippen LogP contribution in [0.25, 0.3) is 22.6 Å². The van der Waals surface area contributed by atoms with Crippen LogP contribution in [-0.2, 0) is 13.5 Å². The number of aromatic carboxylic acids is 1. The van der Waals surface area contributed by atoms with Gasteiger partial charge in [-0.05, 0) is 53.6 Å². The van der Waals surface area contributed by atoms with Gasteiger partial charge in [0.2, 0.25) is 0 Å². The molecule has 30 heavy (non-hydrogen) atoms. The molecule has 0 fully saturated rings. The molecule has 2 aromatic carbocycles. The van der Waals surface area contributed by atoms with Crippen molar-refractivity contribution in [1.82, 2.24) is 14.8 Å². The van der Waals surface area contributed by atoms with Gasteiger partial charge < -0.3 is 5.11 Å². The van der Waals surface area contributed by atoms with E-state index in [0.29, 0.717) is 12.1 Å². The first-order valence-electron chi connectivity index (χ1n) is 9.32. The van der Waals surface area contributed by atoms with E-state index >= 15 is 0 Å². The zero-order valence-corrected chi connectivity index (χ0v) is 16.8. The molecule has 0 aliphatic heterocycles. The number of benzene rings is 2. The van der Waals surface area contributed by atoms with Gasteiger partial charge >= 0.3 is 5.97 Å². The van der Waals surface area contributed by atoms with Gasteiger partial charge in [-0.25, -0.2) is 9.18 Å². The van der Waals surface area contributed by atoms with Crippen LogP contribution in [0.3, 0.4) is 0 Å². The molecule has 0 spiro atoms. The summed E-state index contributed by atoms with van der Waals surface area (Å²) in [6.45, 7) is 0. The number of carboxylic acids is 1. The molecule has 1 aliphatic carbocycles. The van der Waals surface area contributed by atoms with E-state index in [9.17, 15) is 14.3 Å². The topological polar surface area (TPSA) is 68.0 Å². The van der Waals surface area contributed by atoms with E-state index in [1.807, 2.05) is 36.0 Å². The van der Waals surface area contributed by atoms with E-state index in [2.05, 4.69) is 4.98 Å². The SMILES string of the molecule is Cn1nc2c(Sc3ccc(F)cc3)cccc2c1C1=Cc2nccc(C(=O)O)c2C1. The Kier molecular flexibility index (Phi) is 4.40. The summed E-state index contributed by atoms with van der Waals surface area (Å²) in [5.74, 6) is -1.21. The van der Waals surface area contributed by atoms with E-state index in [4.69, 9.17) is 5.10 Å². The number of fused-ring (bicyclic) bond motifs is 2. The molecule has 0 saturated heterocycles. The minimum Gasteiger partial charge on any atom is -0.478 e. The van der Waals surface area contributed by atoms with Crippen LogP contribution in [0.1, 0.15) is 27.3 Å². The van der Waals surface area contributed by atoms with Gasteiger partial charge in [0.25, 0.3) is 0 Å². The van der Waals surface area contributed by atoms with Crippen molar-refractivity contribution >= 4 is 40.3 Å². The molecule has 1 aliphatic rings. The molecule has 0 atom stereocenters. The molecule has 0 radical (unpaired) electrons. The number of aromatic nitrogens is 3. The molecule has 4 aromatic rings. The van der Waals surface area contributed by atoms with Gasteiger partial charge in [0, 0.05) is 34.8 Å². The maximum Gasteiger partial charge on any atom is 0.336 e. The number of pyridine rings is 1. The van der Waals surface area contributed by atoms with Gasteiger partial charge in [0.05, 0.1) is 17.0 Å². The molecule has 0 unspecified atom stereocenters. The second-order valence-corrected chi connectivity index (χ2v) is 8.17. The van der Waals surface area contributed by atoms with Crippen molar-refractivity contribution < 1.29 is 14.3 Å². The second-order valence-electron chi connectivity index (χ2n) is 7.05. The van der Waals surface area contributed by atoms with Crippen LogP contribution in [0.15, 0.2) is 64.5 Å². The summed E-state index contributed by atoms with van der Waals surface area (Å²) >= 11 is 1.53. The molecule has 2 heterocycles. The van der Waals surface area contributed by atoms with Crippen molar-refractivity contribution in [3.05, 3.63) is 83.1 Å². The summed E-state index contributed by atoms with van der Waals surface area (Å²) < 4.78 is 15.1. The molecular weight excluding hydrogens is 401 g/mol. The van der Waals surface area contributed by atoms with Crippen LogP contribution in [-0.4, -0.2) is 25.8 Å². The molecule has 0 amide bonds. The number of hydrogen-bond acceptors (Lipinski definition) is 4. The minimum atomic E-state index is -0.948. The smallest absolute Gasteiger partial charge is 0.336 e. The fourth-order valence-corrected chi connectivity index (χ4v) is 4.78. The fraction of sp³-hybridized carbons (Fsp3) is 0.0870. The lowest BCUT2D eigenvalue weighted by molar-refractivity contribution is 0.0695. The van der Waals surface area contributed by atoms with Gasteiger partial charge in [-0.15, -0.1) is 0 Å². The first-order chi connectivity index (χ1) is 14.5. The lowest BCUT2D eigenvalue weighted by Gasteiger charge is -2.06. The Hall–Kier alpha value is -3.45. The molecule has 0 saturated carbocycles. The average molecular weight is 417 g/mol. The fourth-order valence-electron chi connectivity index (χ4n) is 3.86. The first kappa shape index (κ1) is 18.6. The summed E-state index contributed by atoms with van der Waals surface area (Å²) in [6, 6.07) is 13.9. The number of carbonyl (C=O) groups is 1. The molecule has 1 N–H and O–H groups in total. The maximum atomic E-state index is 13.2. The zero-order chi connectivity index (χ0) is 20.8. The molecule has 2 aromatic heterocycles. The summed E-state index contributed by atoms with van der Waals surface area (Å²) in [5.41, 5.74) is 4.49. The number of allylic oxidation sites excluding steroid dienone is 1. The minimum absolute atomic E-state index is 0.264. The highest BCUT2D eigenvalue weighted by atomic mass is 32.2. The van der Waals surface area contributed by atoms with Crippen LogP contribution in [0.5, 0.6) is 0 Å². The Labute approximate surface area is 175 Å². The maximum absolute atomic E-state index is 13.2. The highest BCUT2D eigenvalue weighted by Gasteiger charge is 2.25. The number of aryl methyl sites for hydroxylation is 1. The van der Waals surface area contributed by atoms with Crippen LogP contribution in [0, 0.1) is 5.82 Å². The van der Waals surface area contributed by atoms with Crippen molar-refractivity contribution in [1.29, 1.82) is 0 Å². The number of rotatable bonds is 4. The molecule has 7 heteroatoms. The Morgan fingerprint density at radius 1 is 1.17 bits per heavy atom. The van der Waals surface area contributed by atoms with Crippen molar-refractivity contribution in [3.63, 3.8) is 0 Å². The Balaban J connectivity index is 1.57. The number of hydrogen-bond donors (Lipinski definition) is 1. The largest absolute Gasteiger partial charge is 0.478 e. The molecule has 5 nitrogen and oxygen atoms in total. The van der Waals surface area contributed by atoms with Crippen molar-refractivity contribution in [2.24, 2.45) is 7.05 Å². The molecule has 148 valence electrons. The van der Waals surface area contributed by atoms with E-state index < -0.39 is 5.97 Å². The third kappa shape index (κ3) is 3.07. The number of carboxylic acid groups (broad SMARTS) is 1. The predicted octanol–water partition coefficient (Wildman–Crippen LogP) is 5.05. The lowest BCUT2D eigenvalue weighted by Crippen LogP contribution is -2.04. The van der Waals surface area contributed by atoms with Crippen molar-refractivity contribution in [2.75, 3.05) is 0 Å². The van der Waals surface area contributed by atoms with Gasteiger partial charge in [-0.1, -0.05) is 23.9 Å². The monoisotopic (exact) mass is 417 g/mol. The van der Waals surface area contributed by atoms with E-state index in [1.54, 1.807) is 12.1 Å².